The normalized spacial score (nSPS) is 14.7. The van der Waals surface area contributed by atoms with E-state index in [1.54, 1.807) is 47.4 Å². The van der Waals surface area contributed by atoms with E-state index in [9.17, 15) is 4.79 Å². The number of para-hydroxylation sites is 1. The minimum Gasteiger partial charge on any atom is -0.493 e. The molecule has 0 unspecified atom stereocenters. The second-order valence-corrected chi connectivity index (χ2v) is 4.75. The third-order valence-corrected chi connectivity index (χ3v) is 3.55. The molecule has 1 aliphatic heterocycles. The van der Waals surface area contributed by atoms with Crippen LogP contribution in [0.25, 0.3) is 0 Å². The molecule has 1 fully saturated rings. The van der Waals surface area contributed by atoms with Crippen molar-refractivity contribution in [2.24, 2.45) is 0 Å². The van der Waals surface area contributed by atoms with Crippen LogP contribution < -0.4 is 9.47 Å². The molecule has 110 valence electrons. The zero-order valence-corrected chi connectivity index (χ0v) is 11.9. The van der Waals surface area contributed by atoms with Gasteiger partial charge in [0.1, 0.15) is 6.04 Å². The molecular formula is C14H16N4O3. The predicted octanol–water partition coefficient (Wildman–Crippen LogP) is 0.992. The van der Waals surface area contributed by atoms with Crippen LogP contribution in [0, 0.1) is 0 Å². The number of nitrogens with zero attached hydrogens (tertiary/aromatic N) is 4. The molecule has 0 radical (unpaired) electrons. The van der Waals surface area contributed by atoms with Crippen molar-refractivity contribution in [3.05, 3.63) is 36.2 Å². The Morgan fingerprint density at radius 2 is 1.90 bits per heavy atom. The van der Waals surface area contributed by atoms with Gasteiger partial charge in [0, 0.05) is 13.1 Å². The molecule has 1 saturated heterocycles. The van der Waals surface area contributed by atoms with Crippen molar-refractivity contribution in [1.82, 2.24) is 19.9 Å². The summed E-state index contributed by atoms with van der Waals surface area (Å²) in [6.07, 6.45) is 3.27. The molecule has 0 bridgehead atoms. The summed E-state index contributed by atoms with van der Waals surface area (Å²) >= 11 is 0. The topological polar surface area (TPSA) is 69.5 Å². The number of methoxy groups -OCH3 is 2. The van der Waals surface area contributed by atoms with Crippen molar-refractivity contribution in [3.63, 3.8) is 0 Å². The molecular weight excluding hydrogens is 272 g/mol. The Morgan fingerprint density at radius 1 is 1.19 bits per heavy atom. The highest BCUT2D eigenvalue weighted by atomic mass is 16.5. The monoisotopic (exact) mass is 288 g/mol. The maximum atomic E-state index is 12.5. The number of benzene rings is 1. The van der Waals surface area contributed by atoms with Crippen LogP contribution in [0.1, 0.15) is 16.4 Å². The molecule has 1 aliphatic rings. The number of amides is 1. The Bertz CT molecular complexity index is 636. The van der Waals surface area contributed by atoms with Gasteiger partial charge in [-0.25, -0.2) is 0 Å². The first-order valence-corrected chi connectivity index (χ1v) is 6.60. The molecule has 7 nitrogen and oxygen atoms in total. The van der Waals surface area contributed by atoms with E-state index in [1.807, 2.05) is 0 Å². The maximum Gasteiger partial charge on any atom is 0.257 e. The second-order valence-electron chi connectivity index (χ2n) is 4.75. The highest BCUT2D eigenvalue weighted by Gasteiger charge is 2.35. The summed E-state index contributed by atoms with van der Waals surface area (Å²) in [5.74, 6) is 0.939. The van der Waals surface area contributed by atoms with Gasteiger partial charge in [0.05, 0.1) is 32.2 Å². The number of hydrogen-bond acceptors (Lipinski definition) is 5. The van der Waals surface area contributed by atoms with Gasteiger partial charge in [0.2, 0.25) is 0 Å². The molecule has 0 N–H and O–H groups in total. The van der Waals surface area contributed by atoms with Crippen LogP contribution in [0.5, 0.6) is 11.5 Å². The standard InChI is InChI=1S/C14H16N4O3/c1-20-12-5-3-4-11(13(12)21-2)14(19)17-8-10(9-17)18-15-6-7-16-18/h3-7,10H,8-9H2,1-2H3. The predicted molar refractivity (Wildman–Crippen MR) is 74.5 cm³/mol. The fraction of sp³-hybridized carbons (Fsp3) is 0.357. The van der Waals surface area contributed by atoms with Gasteiger partial charge in [-0.15, -0.1) is 0 Å². The van der Waals surface area contributed by atoms with Crippen LogP contribution in [-0.4, -0.2) is 53.1 Å². The van der Waals surface area contributed by atoms with Crippen LogP contribution in [0.3, 0.4) is 0 Å². The largest absolute Gasteiger partial charge is 0.493 e. The molecule has 7 heteroatoms. The van der Waals surface area contributed by atoms with Crippen molar-refractivity contribution in [3.8, 4) is 11.5 Å². The van der Waals surface area contributed by atoms with Crippen molar-refractivity contribution < 1.29 is 14.3 Å². The molecule has 21 heavy (non-hydrogen) atoms. The van der Waals surface area contributed by atoms with E-state index in [-0.39, 0.29) is 11.9 Å². The lowest BCUT2D eigenvalue weighted by atomic mass is 10.1. The van der Waals surface area contributed by atoms with Gasteiger partial charge in [-0.3, -0.25) is 4.79 Å². The highest BCUT2D eigenvalue weighted by Crippen LogP contribution is 2.33. The third kappa shape index (κ3) is 2.31. The lowest BCUT2D eigenvalue weighted by Gasteiger charge is -2.38. The van der Waals surface area contributed by atoms with Crippen molar-refractivity contribution in [2.75, 3.05) is 27.3 Å². The molecule has 2 aromatic rings. The molecule has 2 heterocycles. The van der Waals surface area contributed by atoms with Gasteiger partial charge in [0.25, 0.3) is 5.91 Å². The Balaban J connectivity index is 1.75. The van der Waals surface area contributed by atoms with Crippen molar-refractivity contribution in [1.29, 1.82) is 0 Å². The first-order valence-electron chi connectivity index (χ1n) is 6.60. The molecule has 1 aromatic heterocycles. The summed E-state index contributed by atoms with van der Waals surface area (Å²) in [5, 5.41) is 8.18. The van der Waals surface area contributed by atoms with Gasteiger partial charge in [-0.05, 0) is 12.1 Å². The Hall–Kier alpha value is -2.57. The van der Waals surface area contributed by atoms with Gasteiger partial charge < -0.3 is 14.4 Å². The fourth-order valence-corrected chi connectivity index (χ4v) is 2.41. The van der Waals surface area contributed by atoms with Gasteiger partial charge in [-0.2, -0.15) is 15.0 Å². The highest BCUT2D eigenvalue weighted by molar-refractivity contribution is 5.98. The lowest BCUT2D eigenvalue weighted by Crippen LogP contribution is -2.51. The first-order chi connectivity index (χ1) is 10.2. The average molecular weight is 288 g/mol. The van der Waals surface area contributed by atoms with E-state index in [0.29, 0.717) is 30.2 Å². The van der Waals surface area contributed by atoms with Gasteiger partial charge in [-0.1, -0.05) is 6.07 Å². The number of carbonyl (C=O) groups is 1. The van der Waals surface area contributed by atoms with Crippen molar-refractivity contribution >= 4 is 5.91 Å². The Morgan fingerprint density at radius 3 is 2.52 bits per heavy atom. The molecule has 1 amide bonds. The summed E-state index contributed by atoms with van der Waals surface area (Å²) in [6, 6.07) is 5.42. The summed E-state index contributed by atoms with van der Waals surface area (Å²) in [7, 11) is 3.08. The number of ether oxygens (including phenoxy) is 2. The molecule has 1 aromatic carbocycles. The smallest absolute Gasteiger partial charge is 0.257 e. The van der Waals surface area contributed by atoms with Crippen LogP contribution in [0.15, 0.2) is 30.6 Å². The fourth-order valence-electron chi connectivity index (χ4n) is 2.41. The molecule has 0 aliphatic carbocycles. The zero-order valence-electron chi connectivity index (χ0n) is 11.9. The van der Waals surface area contributed by atoms with E-state index < -0.39 is 0 Å². The number of rotatable bonds is 4. The van der Waals surface area contributed by atoms with E-state index in [2.05, 4.69) is 10.2 Å². The van der Waals surface area contributed by atoms with Crippen molar-refractivity contribution in [2.45, 2.75) is 6.04 Å². The SMILES string of the molecule is COc1cccc(C(=O)N2CC(n3nccn3)C2)c1OC. The van der Waals surface area contributed by atoms with Crippen LogP contribution in [0.4, 0.5) is 0 Å². The number of aromatic nitrogens is 3. The van der Waals surface area contributed by atoms with Gasteiger partial charge >= 0.3 is 0 Å². The average Bonchev–Trinajstić information content (AvgIpc) is 2.98. The number of carbonyl (C=O) groups excluding carboxylic acids is 1. The molecule has 0 atom stereocenters. The first kappa shape index (κ1) is 13.4. The second kappa shape index (κ2) is 5.43. The van der Waals surface area contributed by atoms with E-state index >= 15 is 0 Å². The van der Waals surface area contributed by atoms with E-state index in [1.165, 1.54) is 7.11 Å². The Labute approximate surface area is 122 Å². The zero-order chi connectivity index (χ0) is 14.8. The summed E-state index contributed by atoms with van der Waals surface area (Å²) in [6.45, 7) is 1.18. The quantitative estimate of drug-likeness (QED) is 0.839. The van der Waals surface area contributed by atoms with E-state index in [0.717, 1.165) is 0 Å². The molecule has 0 spiro atoms. The summed E-state index contributed by atoms with van der Waals surface area (Å²) in [5.41, 5.74) is 0.503. The molecule has 0 saturated carbocycles. The van der Waals surface area contributed by atoms with E-state index in [4.69, 9.17) is 9.47 Å². The number of hydrogen-bond donors (Lipinski definition) is 0. The maximum absolute atomic E-state index is 12.5. The molecule has 3 rings (SSSR count). The lowest BCUT2D eigenvalue weighted by molar-refractivity contribution is 0.0473. The minimum absolute atomic E-state index is 0.0749. The van der Waals surface area contributed by atoms with Crippen LogP contribution in [-0.2, 0) is 0 Å². The number of likely N-dealkylation sites (tertiary alicyclic amines) is 1. The minimum atomic E-state index is -0.0749. The summed E-state index contributed by atoms with van der Waals surface area (Å²) in [4.78, 5) is 15.9. The van der Waals surface area contributed by atoms with Gasteiger partial charge in [0.15, 0.2) is 11.5 Å². The summed E-state index contributed by atoms with van der Waals surface area (Å²) < 4.78 is 10.5. The third-order valence-electron chi connectivity index (χ3n) is 3.55. The van der Waals surface area contributed by atoms with Crippen LogP contribution >= 0.6 is 0 Å². The van der Waals surface area contributed by atoms with Crippen LogP contribution in [0.2, 0.25) is 0 Å². The Kier molecular flexibility index (Phi) is 3.47.